The maximum atomic E-state index is 13.9. The molecule has 3 heterocycles. The van der Waals surface area contributed by atoms with Gasteiger partial charge in [0.15, 0.2) is 0 Å². The number of halogens is 1. The lowest BCUT2D eigenvalue weighted by molar-refractivity contribution is 0.615. The molecule has 2 fully saturated rings. The predicted molar refractivity (Wildman–Crippen MR) is 104 cm³/mol. The zero-order valence-electron chi connectivity index (χ0n) is 15.5. The van der Waals surface area contributed by atoms with Gasteiger partial charge < -0.3 is 14.7 Å². The number of nitriles is 1. The highest BCUT2D eigenvalue weighted by Crippen LogP contribution is 2.26. The van der Waals surface area contributed by atoms with Crippen LogP contribution in [0.15, 0.2) is 24.3 Å². The molecule has 2 aliphatic rings. The van der Waals surface area contributed by atoms with Crippen molar-refractivity contribution in [2.75, 3.05) is 54.0 Å². The fraction of sp³-hybridized carbons (Fsp3) is 0.450. The summed E-state index contributed by atoms with van der Waals surface area (Å²) in [6, 6.07) is 8.83. The third-order valence-electron chi connectivity index (χ3n) is 5.27. The molecule has 0 N–H and O–H groups in total. The summed E-state index contributed by atoms with van der Waals surface area (Å²) in [4.78, 5) is 16.0. The van der Waals surface area contributed by atoms with E-state index in [1.807, 2.05) is 25.1 Å². The fourth-order valence-corrected chi connectivity index (χ4v) is 3.82. The topological polar surface area (TPSA) is 59.3 Å². The van der Waals surface area contributed by atoms with Crippen molar-refractivity contribution in [3.05, 3.63) is 41.3 Å². The summed E-state index contributed by atoms with van der Waals surface area (Å²) in [5.41, 5.74) is 1.77. The van der Waals surface area contributed by atoms with Crippen LogP contribution in [0, 0.1) is 24.1 Å². The molecule has 7 heteroatoms. The van der Waals surface area contributed by atoms with Gasteiger partial charge in [0.05, 0.1) is 5.69 Å². The van der Waals surface area contributed by atoms with Gasteiger partial charge >= 0.3 is 0 Å². The maximum absolute atomic E-state index is 13.9. The molecule has 2 saturated heterocycles. The molecule has 1 aromatic carbocycles. The van der Waals surface area contributed by atoms with Crippen LogP contribution in [0.3, 0.4) is 0 Å². The van der Waals surface area contributed by atoms with Crippen LogP contribution in [0.1, 0.15) is 24.1 Å². The number of aryl methyl sites for hydroxylation is 1. The Kier molecular flexibility index (Phi) is 4.80. The number of hydrogen-bond donors (Lipinski definition) is 0. The highest BCUT2D eigenvalue weighted by molar-refractivity contribution is 5.61. The summed E-state index contributed by atoms with van der Waals surface area (Å²) in [6.07, 6.45) is 2.39. The van der Waals surface area contributed by atoms with E-state index in [0.717, 1.165) is 56.7 Å². The van der Waals surface area contributed by atoms with Crippen LogP contribution in [0.5, 0.6) is 0 Å². The number of aromatic nitrogens is 2. The van der Waals surface area contributed by atoms with Crippen LogP contribution < -0.4 is 14.7 Å². The minimum absolute atomic E-state index is 0.125. The zero-order valence-corrected chi connectivity index (χ0v) is 15.5. The highest BCUT2D eigenvalue weighted by atomic mass is 19.1. The Morgan fingerprint density at radius 1 is 0.963 bits per heavy atom. The largest absolute Gasteiger partial charge is 0.367 e. The standard InChI is InChI=1S/C20H23FN6/c1-15-13-19(24-20(23-15)27-7-2-3-8-27)26-11-9-25(10-12-26)18-6-4-5-17(21)16(18)14-22/h4-6,13H,2-3,7-12H2,1H3. The van der Waals surface area contributed by atoms with Crippen LogP contribution in [0.4, 0.5) is 21.8 Å². The summed E-state index contributed by atoms with van der Waals surface area (Å²) >= 11 is 0. The average molecular weight is 366 g/mol. The van der Waals surface area contributed by atoms with Crippen LogP contribution in [-0.4, -0.2) is 49.2 Å². The first-order chi connectivity index (χ1) is 13.2. The van der Waals surface area contributed by atoms with Gasteiger partial charge in [-0.2, -0.15) is 10.2 Å². The zero-order chi connectivity index (χ0) is 18.8. The molecule has 1 aromatic heterocycles. The van der Waals surface area contributed by atoms with Crippen molar-refractivity contribution in [3.63, 3.8) is 0 Å². The SMILES string of the molecule is Cc1cc(N2CCN(c3cccc(F)c3C#N)CC2)nc(N2CCCC2)n1. The summed E-state index contributed by atoms with van der Waals surface area (Å²) < 4.78 is 13.9. The molecule has 0 aliphatic carbocycles. The van der Waals surface area contributed by atoms with Crippen molar-refractivity contribution in [1.82, 2.24) is 9.97 Å². The first kappa shape index (κ1) is 17.5. The quantitative estimate of drug-likeness (QED) is 0.832. The number of benzene rings is 1. The molecule has 0 amide bonds. The molecule has 0 unspecified atom stereocenters. The first-order valence-corrected chi connectivity index (χ1v) is 9.45. The molecular weight excluding hydrogens is 343 g/mol. The molecule has 2 aliphatic heterocycles. The second-order valence-corrected chi connectivity index (χ2v) is 7.08. The van der Waals surface area contributed by atoms with E-state index in [-0.39, 0.29) is 5.56 Å². The molecule has 2 aromatic rings. The van der Waals surface area contributed by atoms with E-state index in [9.17, 15) is 9.65 Å². The number of rotatable bonds is 3. The van der Waals surface area contributed by atoms with Crippen molar-refractivity contribution in [1.29, 1.82) is 5.26 Å². The molecule has 0 saturated carbocycles. The molecule has 6 nitrogen and oxygen atoms in total. The normalized spacial score (nSPS) is 17.3. The van der Waals surface area contributed by atoms with E-state index >= 15 is 0 Å². The van der Waals surface area contributed by atoms with Gasteiger partial charge in [0.1, 0.15) is 23.3 Å². The van der Waals surface area contributed by atoms with Crippen LogP contribution in [-0.2, 0) is 0 Å². The number of piperazine rings is 1. The van der Waals surface area contributed by atoms with E-state index in [2.05, 4.69) is 19.7 Å². The minimum Gasteiger partial charge on any atom is -0.367 e. The van der Waals surface area contributed by atoms with Gasteiger partial charge in [0.2, 0.25) is 5.95 Å². The third-order valence-corrected chi connectivity index (χ3v) is 5.27. The number of anilines is 3. The van der Waals surface area contributed by atoms with Gasteiger partial charge in [0, 0.05) is 51.0 Å². The van der Waals surface area contributed by atoms with E-state index in [0.29, 0.717) is 5.69 Å². The third kappa shape index (κ3) is 3.52. The van der Waals surface area contributed by atoms with Crippen molar-refractivity contribution in [2.24, 2.45) is 0 Å². The highest BCUT2D eigenvalue weighted by Gasteiger charge is 2.23. The molecule has 140 valence electrons. The van der Waals surface area contributed by atoms with Crippen LogP contribution >= 0.6 is 0 Å². The Morgan fingerprint density at radius 2 is 1.67 bits per heavy atom. The Bertz CT molecular complexity index is 863. The van der Waals surface area contributed by atoms with Crippen molar-refractivity contribution >= 4 is 17.5 Å². The minimum atomic E-state index is -0.459. The summed E-state index contributed by atoms with van der Waals surface area (Å²) in [6.45, 7) is 7.04. The van der Waals surface area contributed by atoms with E-state index in [4.69, 9.17) is 4.98 Å². The predicted octanol–water partition coefficient (Wildman–Crippen LogP) is 2.72. The second kappa shape index (κ2) is 7.39. The lowest BCUT2D eigenvalue weighted by atomic mass is 10.1. The van der Waals surface area contributed by atoms with Gasteiger partial charge in [-0.3, -0.25) is 0 Å². The Morgan fingerprint density at radius 3 is 2.37 bits per heavy atom. The number of hydrogen-bond acceptors (Lipinski definition) is 6. The van der Waals surface area contributed by atoms with Crippen molar-refractivity contribution < 1.29 is 4.39 Å². The molecule has 0 spiro atoms. The molecule has 27 heavy (non-hydrogen) atoms. The Hall–Kier alpha value is -2.88. The van der Waals surface area contributed by atoms with Gasteiger partial charge in [0.25, 0.3) is 0 Å². The Balaban J connectivity index is 1.50. The van der Waals surface area contributed by atoms with Crippen molar-refractivity contribution in [3.8, 4) is 6.07 Å². The lowest BCUT2D eigenvalue weighted by Gasteiger charge is -2.37. The average Bonchev–Trinajstić information content (AvgIpc) is 3.22. The first-order valence-electron chi connectivity index (χ1n) is 9.45. The summed E-state index contributed by atoms with van der Waals surface area (Å²) in [7, 11) is 0. The van der Waals surface area contributed by atoms with Gasteiger partial charge in [-0.25, -0.2) is 9.37 Å². The van der Waals surface area contributed by atoms with Crippen molar-refractivity contribution in [2.45, 2.75) is 19.8 Å². The second-order valence-electron chi connectivity index (χ2n) is 7.08. The summed E-state index contributed by atoms with van der Waals surface area (Å²) in [5.74, 6) is 1.31. The van der Waals surface area contributed by atoms with E-state index < -0.39 is 5.82 Å². The molecule has 0 bridgehead atoms. The van der Waals surface area contributed by atoms with Gasteiger partial charge in [-0.05, 0) is 31.9 Å². The molecule has 0 radical (unpaired) electrons. The van der Waals surface area contributed by atoms with Gasteiger partial charge in [-0.1, -0.05) is 6.07 Å². The van der Waals surface area contributed by atoms with Crippen LogP contribution in [0.25, 0.3) is 0 Å². The smallest absolute Gasteiger partial charge is 0.227 e. The molecular formula is C20H23FN6. The fourth-order valence-electron chi connectivity index (χ4n) is 3.82. The Labute approximate surface area is 158 Å². The van der Waals surface area contributed by atoms with Crippen LogP contribution in [0.2, 0.25) is 0 Å². The molecule has 0 atom stereocenters. The summed E-state index contributed by atoms with van der Waals surface area (Å²) in [5, 5.41) is 9.28. The van der Waals surface area contributed by atoms with Gasteiger partial charge in [-0.15, -0.1) is 0 Å². The number of nitrogens with zero attached hydrogens (tertiary/aromatic N) is 6. The van der Waals surface area contributed by atoms with E-state index in [1.54, 1.807) is 6.07 Å². The monoisotopic (exact) mass is 366 g/mol. The van der Waals surface area contributed by atoms with E-state index in [1.165, 1.54) is 18.9 Å². The maximum Gasteiger partial charge on any atom is 0.227 e. The molecule has 4 rings (SSSR count). The lowest BCUT2D eigenvalue weighted by Crippen LogP contribution is -2.47.